The smallest absolute Gasteiger partial charge is 0.243 e. The summed E-state index contributed by atoms with van der Waals surface area (Å²) >= 11 is 0. The number of para-hydroxylation sites is 2. The van der Waals surface area contributed by atoms with E-state index in [4.69, 9.17) is 4.98 Å². The number of imidazole rings is 1. The predicted octanol–water partition coefficient (Wildman–Crippen LogP) is 4.60. The van der Waals surface area contributed by atoms with Gasteiger partial charge in [0.1, 0.15) is 5.82 Å². The minimum atomic E-state index is -0.224. The quantitative estimate of drug-likeness (QED) is 0.532. The van der Waals surface area contributed by atoms with Crippen molar-refractivity contribution < 1.29 is 4.79 Å². The molecule has 4 heteroatoms. The number of carbonyl (C=O) groups excluding carboxylic acids is 1. The maximum atomic E-state index is 11.8. The van der Waals surface area contributed by atoms with E-state index in [1.807, 2.05) is 25.1 Å². The Morgan fingerprint density at radius 3 is 2.70 bits per heavy atom. The molecule has 4 nitrogen and oxygen atoms in total. The average molecular weight is 355 g/mol. The van der Waals surface area contributed by atoms with Gasteiger partial charge in [-0.1, -0.05) is 61.2 Å². The van der Waals surface area contributed by atoms with Crippen LogP contribution < -0.4 is 5.32 Å². The molecule has 0 fully saturated rings. The van der Waals surface area contributed by atoms with Gasteiger partial charge in [0.25, 0.3) is 0 Å². The molecular weight excluding hydrogens is 334 g/mol. The van der Waals surface area contributed by atoms with Crippen molar-refractivity contribution in [3.05, 3.63) is 90.8 Å². The summed E-state index contributed by atoms with van der Waals surface area (Å²) in [6, 6.07) is 22.6. The third-order valence-corrected chi connectivity index (χ3v) is 4.82. The van der Waals surface area contributed by atoms with Crippen molar-refractivity contribution in [3.63, 3.8) is 0 Å². The van der Waals surface area contributed by atoms with Crippen molar-refractivity contribution in [1.82, 2.24) is 14.9 Å². The lowest BCUT2D eigenvalue weighted by Crippen LogP contribution is -2.27. The van der Waals surface area contributed by atoms with Gasteiger partial charge in [0.15, 0.2) is 0 Å². The lowest BCUT2D eigenvalue weighted by atomic mass is 10.0. The number of amides is 1. The Morgan fingerprint density at radius 1 is 1.11 bits per heavy atom. The lowest BCUT2D eigenvalue weighted by molar-refractivity contribution is -0.117. The summed E-state index contributed by atoms with van der Waals surface area (Å²) in [5.74, 6) is 0.630. The van der Waals surface area contributed by atoms with E-state index in [0.717, 1.165) is 16.9 Å². The minimum Gasteiger partial charge on any atom is -0.343 e. The zero-order valence-corrected chi connectivity index (χ0v) is 15.2. The molecule has 0 aliphatic rings. The van der Waals surface area contributed by atoms with Gasteiger partial charge in [-0.05, 0) is 41.5 Å². The van der Waals surface area contributed by atoms with Crippen LogP contribution in [0.4, 0.5) is 0 Å². The second-order valence-electron chi connectivity index (χ2n) is 6.62. The van der Waals surface area contributed by atoms with E-state index in [1.165, 1.54) is 22.4 Å². The number of benzene rings is 3. The Balaban J connectivity index is 1.83. The van der Waals surface area contributed by atoms with Crippen LogP contribution in [0.2, 0.25) is 0 Å². The number of rotatable bonds is 5. The standard InChI is InChI=1S/C23H21N3O/c1-3-22(27)24-16(2)23-25-20-13-6-7-14-21(20)26(23)15-18-11-8-10-17-9-4-5-12-19(17)18/h3-14,16H,1,15H2,2H3,(H,24,27). The van der Waals surface area contributed by atoms with Gasteiger partial charge < -0.3 is 9.88 Å². The fourth-order valence-electron chi connectivity index (χ4n) is 3.53. The van der Waals surface area contributed by atoms with Crippen molar-refractivity contribution >= 4 is 27.7 Å². The minimum absolute atomic E-state index is 0.203. The molecule has 4 rings (SSSR count). The zero-order valence-electron chi connectivity index (χ0n) is 15.2. The second-order valence-corrected chi connectivity index (χ2v) is 6.62. The summed E-state index contributed by atoms with van der Waals surface area (Å²) in [5.41, 5.74) is 3.20. The highest BCUT2D eigenvalue weighted by molar-refractivity contribution is 5.87. The van der Waals surface area contributed by atoms with E-state index in [2.05, 4.69) is 65.0 Å². The van der Waals surface area contributed by atoms with E-state index in [-0.39, 0.29) is 11.9 Å². The monoisotopic (exact) mass is 355 g/mol. The molecule has 0 aliphatic heterocycles. The predicted molar refractivity (Wildman–Crippen MR) is 110 cm³/mol. The number of hydrogen-bond acceptors (Lipinski definition) is 2. The summed E-state index contributed by atoms with van der Waals surface area (Å²) in [5, 5.41) is 5.37. The Morgan fingerprint density at radius 2 is 1.85 bits per heavy atom. The molecule has 0 saturated carbocycles. The van der Waals surface area contributed by atoms with Crippen LogP contribution in [0, 0.1) is 0 Å². The molecule has 4 aromatic rings. The second kappa shape index (κ2) is 7.08. The molecule has 134 valence electrons. The SMILES string of the molecule is C=CC(=O)NC(C)c1nc2ccccc2n1Cc1cccc2ccccc12. The average Bonchev–Trinajstić information content (AvgIpc) is 3.07. The van der Waals surface area contributed by atoms with Gasteiger partial charge in [-0.2, -0.15) is 0 Å². The third kappa shape index (κ3) is 3.22. The fourth-order valence-corrected chi connectivity index (χ4v) is 3.53. The van der Waals surface area contributed by atoms with Crippen LogP contribution in [0.5, 0.6) is 0 Å². The van der Waals surface area contributed by atoms with Crippen LogP contribution >= 0.6 is 0 Å². The molecule has 1 unspecified atom stereocenters. The van der Waals surface area contributed by atoms with Gasteiger partial charge in [0.2, 0.25) is 5.91 Å². The maximum Gasteiger partial charge on any atom is 0.243 e. The van der Waals surface area contributed by atoms with Crippen LogP contribution in [0.1, 0.15) is 24.4 Å². The molecule has 3 aromatic carbocycles. The first-order valence-electron chi connectivity index (χ1n) is 9.02. The van der Waals surface area contributed by atoms with E-state index in [1.54, 1.807) is 0 Å². The molecule has 0 radical (unpaired) electrons. The first-order chi connectivity index (χ1) is 13.2. The number of carbonyl (C=O) groups is 1. The third-order valence-electron chi connectivity index (χ3n) is 4.82. The number of nitrogens with one attached hydrogen (secondary N) is 1. The molecular formula is C23H21N3O. The van der Waals surface area contributed by atoms with Crippen molar-refractivity contribution in [2.24, 2.45) is 0 Å². The van der Waals surface area contributed by atoms with Crippen molar-refractivity contribution in [1.29, 1.82) is 0 Å². The van der Waals surface area contributed by atoms with Crippen molar-refractivity contribution in [3.8, 4) is 0 Å². The van der Waals surface area contributed by atoms with Crippen LogP contribution in [-0.2, 0) is 11.3 Å². The largest absolute Gasteiger partial charge is 0.343 e. The van der Waals surface area contributed by atoms with Gasteiger partial charge in [0, 0.05) is 0 Å². The van der Waals surface area contributed by atoms with Gasteiger partial charge in [-0.25, -0.2) is 4.98 Å². The Kier molecular flexibility index (Phi) is 4.47. The maximum absolute atomic E-state index is 11.8. The lowest BCUT2D eigenvalue weighted by Gasteiger charge is -2.16. The first-order valence-corrected chi connectivity index (χ1v) is 9.02. The van der Waals surface area contributed by atoms with Crippen molar-refractivity contribution in [2.75, 3.05) is 0 Å². The molecule has 0 bridgehead atoms. The number of fused-ring (bicyclic) bond motifs is 2. The molecule has 27 heavy (non-hydrogen) atoms. The highest BCUT2D eigenvalue weighted by Crippen LogP contribution is 2.25. The molecule has 0 aliphatic carbocycles. The van der Waals surface area contributed by atoms with Gasteiger partial charge in [-0.3, -0.25) is 4.79 Å². The van der Waals surface area contributed by atoms with Gasteiger partial charge >= 0.3 is 0 Å². The van der Waals surface area contributed by atoms with Crippen LogP contribution in [-0.4, -0.2) is 15.5 Å². The molecule has 1 N–H and O–H groups in total. The van der Waals surface area contributed by atoms with E-state index in [0.29, 0.717) is 6.54 Å². The molecule has 1 atom stereocenters. The summed E-state index contributed by atoms with van der Waals surface area (Å²) in [4.78, 5) is 16.6. The van der Waals surface area contributed by atoms with Crippen molar-refractivity contribution in [2.45, 2.75) is 19.5 Å². The van der Waals surface area contributed by atoms with Crippen LogP contribution in [0.25, 0.3) is 21.8 Å². The van der Waals surface area contributed by atoms with Crippen LogP contribution in [0.3, 0.4) is 0 Å². The molecule has 1 aromatic heterocycles. The molecule has 0 spiro atoms. The normalized spacial score (nSPS) is 12.2. The van der Waals surface area contributed by atoms with Crippen LogP contribution in [0.15, 0.2) is 79.4 Å². The molecule has 0 saturated heterocycles. The molecule has 1 amide bonds. The zero-order chi connectivity index (χ0) is 18.8. The van der Waals surface area contributed by atoms with E-state index in [9.17, 15) is 4.79 Å². The number of nitrogens with zero attached hydrogens (tertiary/aromatic N) is 2. The highest BCUT2D eigenvalue weighted by atomic mass is 16.1. The summed E-state index contributed by atoms with van der Waals surface area (Å²) in [6.07, 6.45) is 1.29. The summed E-state index contributed by atoms with van der Waals surface area (Å²) < 4.78 is 2.19. The van der Waals surface area contributed by atoms with E-state index < -0.39 is 0 Å². The number of aromatic nitrogens is 2. The Hall–Kier alpha value is -3.40. The van der Waals surface area contributed by atoms with E-state index >= 15 is 0 Å². The Bertz CT molecular complexity index is 1140. The highest BCUT2D eigenvalue weighted by Gasteiger charge is 2.18. The first kappa shape index (κ1) is 17.0. The fraction of sp³-hybridized carbons (Fsp3) is 0.130. The summed E-state index contributed by atoms with van der Waals surface area (Å²) in [7, 11) is 0. The molecule has 1 heterocycles. The van der Waals surface area contributed by atoms with Gasteiger partial charge in [-0.15, -0.1) is 0 Å². The number of hydrogen-bond donors (Lipinski definition) is 1. The van der Waals surface area contributed by atoms with Gasteiger partial charge in [0.05, 0.1) is 23.6 Å². The summed E-state index contributed by atoms with van der Waals surface area (Å²) in [6.45, 7) is 6.17. The topological polar surface area (TPSA) is 46.9 Å². The Labute approximate surface area is 158 Å².